The van der Waals surface area contributed by atoms with Crippen LogP contribution in [-0.2, 0) is 4.74 Å². The number of hydrogen-bond acceptors (Lipinski definition) is 2. The van der Waals surface area contributed by atoms with Crippen LogP contribution in [0.25, 0.3) is 0 Å². The van der Waals surface area contributed by atoms with Crippen LogP contribution in [0.3, 0.4) is 0 Å². The molecule has 2 aromatic rings. The summed E-state index contributed by atoms with van der Waals surface area (Å²) in [7, 11) is 1.65. The molecule has 5 heteroatoms. The highest BCUT2D eigenvalue weighted by Crippen LogP contribution is 2.38. The van der Waals surface area contributed by atoms with Crippen LogP contribution in [0.2, 0.25) is 5.02 Å². The molecule has 2 aromatic carbocycles. The lowest BCUT2D eigenvalue weighted by atomic mass is 10.0. The van der Waals surface area contributed by atoms with E-state index in [-0.39, 0.29) is 4.83 Å². The van der Waals surface area contributed by atoms with Gasteiger partial charge in [0.1, 0.15) is 12.4 Å². The first kappa shape index (κ1) is 16.8. The summed E-state index contributed by atoms with van der Waals surface area (Å²) in [5, 5.41) is 0.746. The molecule has 2 rings (SSSR count). The second-order valence-corrected chi connectivity index (χ2v) is 6.59. The van der Waals surface area contributed by atoms with E-state index in [1.54, 1.807) is 7.11 Å². The Balaban J connectivity index is 2.18. The number of benzene rings is 2. The Morgan fingerprint density at radius 2 is 1.90 bits per heavy atom. The molecule has 0 aliphatic rings. The Labute approximate surface area is 146 Å². The van der Waals surface area contributed by atoms with E-state index < -0.39 is 0 Å². The van der Waals surface area contributed by atoms with E-state index in [4.69, 9.17) is 21.1 Å². The monoisotopic (exact) mass is 432 g/mol. The van der Waals surface area contributed by atoms with Gasteiger partial charge >= 0.3 is 0 Å². The average Bonchev–Trinajstić information content (AvgIpc) is 2.49. The Kier molecular flexibility index (Phi) is 6.55. The number of halogens is 3. The van der Waals surface area contributed by atoms with E-state index in [0.717, 1.165) is 26.4 Å². The summed E-state index contributed by atoms with van der Waals surface area (Å²) in [5.74, 6) is 0.801. The van der Waals surface area contributed by atoms with Crippen LogP contribution in [0.4, 0.5) is 0 Å². The van der Waals surface area contributed by atoms with Crippen molar-refractivity contribution in [2.24, 2.45) is 0 Å². The van der Waals surface area contributed by atoms with Crippen molar-refractivity contribution in [3.63, 3.8) is 0 Å². The molecule has 2 nitrogen and oxygen atoms in total. The zero-order valence-corrected chi connectivity index (χ0v) is 15.4. The van der Waals surface area contributed by atoms with Crippen molar-refractivity contribution in [3.8, 4) is 5.75 Å². The normalized spacial score (nSPS) is 12.2. The molecular formula is C16H15Br2ClO2. The van der Waals surface area contributed by atoms with Crippen LogP contribution in [0.1, 0.15) is 16.0 Å². The SMILES string of the molecule is COCCOc1ccc(C(Br)c2ccccc2Cl)cc1Br. The minimum atomic E-state index is 0.0375. The topological polar surface area (TPSA) is 18.5 Å². The first-order valence-electron chi connectivity index (χ1n) is 6.43. The first-order valence-corrected chi connectivity index (χ1v) is 8.52. The molecule has 1 atom stereocenters. The molecule has 1 unspecified atom stereocenters. The van der Waals surface area contributed by atoms with E-state index in [2.05, 4.69) is 31.9 Å². The van der Waals surface area contributed by atoms with Crippen LogP contribution < -0.4 is 4.74 Å². The predicted octanol–water partition coefficient (Wildman–Crippen LogP) is 5.61. The molecule has 0 aliphatic carbocycles. The minimum absolute atomic E-state index is 0.0375. The van der Waals surface area contributed by atoms with Crippen molar-refractivity contribution in [2.45, 2.75) is 4.83 Å². The summed E-state index contributed by atoms with van der Waals surface area (Å²) < 4.78 is 11.5. The summed E-state index contributed by atoms with van der Waals surface area (Å²) in [6, 6.07) is 13.8. The maximum absolute atomic E-state index is 6.24. The molecule has 0 bridgehead atoms. The van der Waals surface area contributed by atoms with Gasteiger partial charge in [-0.2, -0.15) is 0 Å². The lowest BCUT2D eigenvalue weighted by molar-refractivity contribution is 0.146. The standard InChI is InChI=1S/C16H15Br2ClO2/c1-20-8-9-21-15-7-6-11(10-13(15)17)16(18)12-4-2-3-5-14(12)19/h2-7,10,16H,8-9H2,1H3. The molecule has 0 amide bonds. The van der Waals surface area contributed by atoms with Crippen molar-refractivity contribution in [1.29, 1.82) is 0 Å². The number of hydrogen-bond donors (Lipinski definition) is 0. The highest BCUT2D eigenvalue weighted by molar-refractivity contribution is 9.10. The van der Waals surface area contributed by atoms with Gasteiger partial charge in [0.2, 0.25) is 0 Å². The maximum atomic E-state index is 6.24. The lowest BCUT2D eigenvalue weighted by Crippen LogP contribution is -2.05. The van der Waals surface area contributed by atoms with Crippen LogP contribution in [-0.4, -0.2) is 20.3 Å². The molecular weight excluding hydrogens is 419 g/mol. The van der Waals surface area contributed by atoms with E-state index in [1.165, 1.54) is 0 Å². The van der Waals surface area contributed by atoms with Crippen molar-refractivity contribution < 1.29 is 9.47 Å². The number of ether oxygens (including phenoxy) is 2. The number of rotatable bonds is 6. The zero-order valence-electron chi connectivity index (χ0n) is 11.5. The third-order valence-electron chi connectivity index (χ3n) is 2.97. The van der Waals surface area contributed by atoms with Crippen LogP contribution in [0.15, 0.2) is 46.9 Å². The predicted molar refractivity (Wildman–Crippen MR) is 93.7 cm³/mol. The lowest BCUT2D eigenvalue weighted by Gasteiger charge is -2.14. The third-order valence-corrected chi connectivity index (χ3v) is 4.96. The van der Waals surface area contributed by atoms with Gasteiger partial charge in [-0.3, -0.25) is 0 Å². The van der Waals surface area contributed by atoms with Gasteiger partial charge in [-0.25, -0.2) is 0 Å². The van der Waals surface area contributed by atoms with Crippen LogP contribution in [0.5, 0.6) is 5.75 Å². The van der Waals surface area contributed by atoms with E-state index in [1.807, 2.05) is 42.5 Å². The average molecular weight is 435 g/mol. The molecule has 112 valence electrons. The van der Waals surface area contributed by atoms with Crippen LogP contribution in [0, 0.1) is 0 Å². The van der Waals surface area contributed by atoms with Gasteiger partial charge in [-0.15, -0.1) is 0 Å². The number of alkyl halides is 1. The second kappa shape index (κ2) is 8.18. The molecule has 0 fully saturated rings. The van der Waals surface area contributed by atoms with E-state index in [9.17, 15) is 0 Å². The van der Waals surface area contributed by atoms with Crippen molar-refractivity contribution in [3.05, 3.63) is 63.1 Å². The highest BCUT2D eigenvalue weighted by atomic mass is 79.9. The Morgan fingerprint density at radius 3 is 2.57 bits per heavy atom. The van der Waals surface area contributed by atoms with E-state index >= 15 is 0 Å². The third kappa shape index (κ3) is 4.46. The summed E-state index contributed by atoms with van der Waals surface area (Å²) in [4.78, 5) is 0.0375. The molecule has 0 N–H and O–H groups in total. The summed E-state index contributed by atoms with van der Waals surface area (Å²) in [6.45, 7) is 1.09. The van der Waals surface area contributed by atoms with Gasteiger partial charge in [0.15, 0.2) is 0 Å². The first-order chi connectivity index (χ1) is 10.1. The van der Waals surface area contributed by atoms with Gasteiger partial charge in [0.05, 0.1) is 15.9 Å². The Hall–Kier alpha value is -0.550. The van der Waals surface area contributed by atoms with Gasteiger partial charge < -0.3 is 9.47 Å². The molecule has 21 heavy (non-hydrogen) atoms. The summed E-state index contributed by atoms with van der Waals surface area (Å²) >= 11 is 13.5. The van der Waals surface area contributed by atoms with Gasteiger partial charge in [-0.05, 0) is 45.3 Å². The second-order valence-electron chi connectivity index (χ2n) is 4.42. The molecule has 0 saturated carbocycles. The fourth-order valence-electron chi connectivity index (χ4n) is 1.89. The minimum Gasteiger partial charge on any atom is -0.490 e. The van der Waals surface area contributed by atoms with Crippen molar-refractivity contribution >= 4 is 43.5 Å². The molecule has 0 heterocycles. The summed E-state index contributed by atoms with van der Waals surface area (Å²) in [6.07, 6.45) is 0. The highest BCUT2D eigenvalue weighted by Gasteiger charge is 2.15. The van der Waals surface area contributed by atoms with Crippen LogP contribution >= 0.6 is 43.5 Å². The van der Waals surface area contributed by atoms with Crippen molar-refractivity contribution in [1.82, 2.24) is 0 Å². The van der Waals surface area contributed by atoms with Gasteiger partial charge in [0, 0.05) is 12.1 Å². The summed E-state index contributed by atoms with van der Waals surface area (Å²) in [5.41, 5.74) is 2.15. The Morgan fingerprint density at radius 1 is 1.14 bits per heavy atom. The number of methoxy groups -OCH3 is 1. The fourth-order valence-corrected chi connectivity index (χ4v) is 3.46. The van der Waals surface area contributed by atoms with E-state index in [0.29, 0.717) is 13.2 Å². The molecule has 0 radical (unpaired) electrons. The quantitative estimate of drug-likeness (QED) is 0.434. The molecule has 0 aromatic heterocycles. The van der Waals surface area contributed by atoms with Gasteiger partial charge in [0.25, 0.3) is 0 Å². The van der Waals surface area contributed by atoms with Crippen molar-refractivity contribution in [2.75, 3.05) is 20.3 Å². The maximum Gasteiger partial charge on any atom is 0.133 e. The molecule has 0 aliphatic heterocycles. The largest absolute Gasteiger partial charge is 0.490 e. The van der Waals surface area contributed by atoms with Gasteiger partial charge in [-0.1, -0.05) is 51.8 Å². The smallest absolute Gasteiger partial charge is 0.133 e. The Bertz CT molecular complexity index is 605. The molecule has 0 saturated heterocycles. The fraction of sp³-hybridized carbons (Fsp3) is 0.250. The zero-order chi connectivity index (χ0) is 15.2. The molecule has 0 spiro atoms.